The van der Waals surface area contributed by atoms with Crippen LogP contribution in [0.1, 0.15) is 31.2 Å². The van der Waals surface area contributed by atoms with Crippen molar-refractivity contribution < 1.29 is 9.32 Å². The molecule has 1 N–H and O–H groups in total. The molecule has 1 amide bonds. The fraction of sp³-hybridized carbons (Fsp3) is 0.217. The molecule has 4 aromatic rings. The van der Waals surface area contributed by atoms with Crippen LogP contribution in [0.25, 0.3) is 22.4 Å². The van der Waals surface area contributed by atoms with E-state index in [1.54, 1.807) is 6.07 Å². The minimum atomic E-state index is -0.313. The van der Waals surface area contributed by atoms with Gasteiger partial charge in [0.1, 0.15) is 6.54 Å². The van der Waals surface area contributed by atoms with Crippen LogP contribution in [0, 0.1) is 6.92 Å². The number of aromatic nitrogens is 3. The van der Waals surface area contributed by atoms with E-state index in [0.717, 1.165) is 10.9 Å². The number of hydrogen-bond acceptors (Lipinski definition) is 5. The van der Waals surface area contributed by atoms with E-state index < -0.39 is 0 Å². The first-order chi connectivity index (χ1) is 14.4. The van der Waals surface area contributed by atoms with Gasteiger partial charge in [0, 0.05) is 23.1 Å². The Balaban J connectivity index is 1.72. The van der Waals surface area contributed by atoms with Crippen LogP contribution in [0.5, 0.6) is 0 Å². The Morgan fingerprint density at radius 2 is 1.93 bits per heavy atom. The maximum atomic E-state index is 12.9. The lowest BCUT2D eigenvalue weighted by Gasteiger charge is -2.12. The van der Waals surface area contributed by atoms with Crippen molar-refractivity contribution in [1.29, 1.82) is 0 Å². The normalized spacial score (nSPS) is 11.2. The van der Waals surface area contributed by atoms with Crippen molar-refractivity contribution in [2.75, 3.05) is 5.32 Å². The van der Waals surface area contributed by atoms with Crippen molar-refractivity contribution in [3.05, 3.63) is 76.3 Å². The molecule has 2 aromatic carbocycles. The van der Waals surface area contributed by atoms with Crippen LogP contribution in [-0.4, -0.2) is 20.6 Å². The third kappa shape index (κ3) is 3.87. The van der Waals surface area contributed by atoms with Crippen molar-refractivity contribution in [2.45, 2.75) is 33.2 Å². The van der Waals surface area contributed by atoms with Gasteiger partial charge in [-0.3, -0.25) is 14.2 Å². The second-order valence-corrected chi connectivity index (χ2v) is 7.53. The van der Waals surface area contributed by atoms with Gasteiger partial charge in [-0.05, 0) is 30.7 Å². The molecule has 4 rings (SSSR count). The summed E-state index contributed by atoms with van der Waals surface area (Å²) in [5.41, 5.74) is 2.61. The molecule has 0 saturated heterocycles. The van der Waals surface area contributed by atoms with Crippen molar-refractivity contribution >= 4 is 22.5 Å². The van der Waals surface area contributed by atoms with Gasteiger partial charge in [0.05, 0.1) is 11.1 Å². The molecule has 0 aliphatic rings. The molecule has 7 nitrogen and oxygen atoms in total. The molecule has 0 radical (unpaired) electrons. The molecule has 0 saturated carbocycles. The molecule has 152 valence electrons. The molecule has 0 aliphatic carbocycles. The van der Waals surface area contributed by atoms with Gasteiger partial charge < -0.3 is 9.84 Å². The van der Waals surface area contributed by atoms with Gasteiger partial charge in [-0.25, -0.2) is 0 Å². The lowest BCUT2D eigenvalue weighted by molar-refractivity contribution is -0.116. The standard InChI is InChI=1S/C23H22N4O3/c1-14(2)22-25-23(30-26-22)18-12-21(29)27(19-10-5-4-9-17(18)19)13-20(28)24-16-8-6-7-15(3)11-16/h4-12,14H,13H2,1-3H3,(H,24,28). The summed E-state index contributed by atoms with van der Waals surface area (Å²) < 4.78 is 6.85. The number of hydrogen-bond donors (Lipinski definition) is 1. The second kappa shape index (κ2) is 7.94. The lowest BCUT2D eigenvalue weighted by atomic mass is 10.1. The van der Waals surface area contributed by atoms with Gasteiger partial charge >= 0.3 is 0 Å². The monoisotopic (exact) mass is 402 g/mol. The minimum absolute atomic E-state index is 0.103. The van der Waals surface area contributed by atoms with E-state index in [4.69, 9.17) is 4.52 Å². The number of anilines is 1. The van der Waals surface area contributed by atoms with Crippen LogP contribution < -0.4 is 10.9 Å². The van der Waals surface area contributed by atoms with Gasteiger partial charge in [-0.15, -0.1) is 0 Å². The number of nitrogens with zero attached hydrogens (tertiary/aromatic N) is 3. The van der Waals surface area contributed by atoms with Gasteiger partial charge in [-0.2, -0.15) is 4.98 Å². The number of benzene rings is 2. The molecular formula is C23H22N4O3. The number of amides is 1. The molecule has 0 aliphatic heterocycles. The summed E-state index contributed by atoms with van der Waals surface area (Å²) in [6, 6.07) is 16.3. The Labute approximate surface area is 173 Å². The Bertz CT molecular complexity index is 1290. The molecule has 2 heterocycles. The highest BCUT2D eigenvalue weighted by Crippen LogP contribution is 2.27. The van der Waals surface area contributed by atoms with Crippen LogP contribution in [0.3, 0.4) is 0 Å². The van der Waals surface area contributed by atoms with E-state index in [9.17, 15) is 9.59 Å². The number of aryl methyl sites for hydroxylation is 1. The molecule has 0 spiro atoms. The van der Waals surface area contributed by atoms with Crippen molar-refractivity contribution in [2.24, 2.45) is 0 Å². The topological polar surface area (TPSA) is 90.0 Å². The molecule has 0 atom stereocenters. The number of nitrogens with one attached hydrogen (secondary N) is 1. The molecule has 30 heavy (non-hydrogen) atoms. The van der Waals surface area contributed by atoms with Crippen molar-refractivity contribution in [3.8, 4) is 11.5 Å². The summed E-state index contributed by atoms with van der Waals surface area (Å²) in [5, 5.41) is 7.60. The second-order valence-electron chi connectivity index (χ2n) is 7.53. The van der Waals surface area contributed by atoms with Crippen molar-refractivity contribution in [1.82, 2.24) is 14.7 Å². The zero-order chi connectivity index (χ0) is 21.3. The van der Waals surface area contributed by atoms with E-state index in [2.05, 4.69) is 15.5 Å². The average molecular weight is 402 g/mol. The zero-order valence-electron chi connectivity index (χ0n) is 17.0. The highest BCUT2D eigenvalue weighted by Gasteiger charge is 2.18. The summed E-state index contributed by atoms with van der Waals surface area (Å²) in [6.45, 7) is 5.79. The fourth-order valence-electron chi connectivity index (χ4n) is 3.32. The zero-order valence-corrected chi connectivity index (χ0v) is 17.0. The third-order valence-corrected chi connectivity index (χ3v) is 4.81. The predicted octanol–water partition coefficient (Wildman–Crippen LogP) is 4.12. The molecule has 0 bridgehead atoms. The molecule has 2 aromatic heterocycles. The SMILES string of the molecule is Cc1cccc(NC(=O)Cn2c(=O)cc(-c3nc(C(C)C)no3)c3ccccc32)c1. The van der Waals surface area contributed by atoms with E-state index >= 15 is 0 Å². The highest BCUT2D eigenvalue weighted by molar-refractivity contribution is 5.95. The highest BCUT2D eigenvalue weighted by atomic mass is 16.5. The summed E-state index contributed by atoms with van der Waals surface area (Å²) in [4.78, 5) is 29.9. The average Bonchev–Trinajstić information content (AvgIpc) is 3.20. The van der Waals surface area contributed by atoms with Crippen LogP contribution >= 0.6 is 0 Å². The number of para-hydroxylation sites is 1. The van der Waals surface area contributed by atoms with Gasteiger partial charge in [0.25, 0.3) is 11.4 Å². The van der Waals surface area contributed by atoms with Crippen LogP contribution in [0.15, 0.2) is 63.9 Å². The van der Waals surface area contributed by atoms with Crippen LogP contribution in [0.4, 0.5) is 5.69 Å². The summed E-state index contributed by atoms with van der Waals surface area (Å²) in [5.74, 6) is 0.707. The maximum Gasteiger partial charge on any atom is 0.258 e. The Kier molecular flexibility index (Phi) is 5.18. The van der Waals surface area contributed by atoms with E-state index in [1.807, 2.05) is 63.2 Å². The largest absolute Gasteiger partial charge is 0.334 e. The molecule has 0 unspecified atom stereocenters. The first-order valence-electron chi connectivity index (χ1n) is 9.75. The van der Waals surface area contributed by atoms with Gasteiger partial charge in [0.15, 0.2) is 5.82 Å². The van der Waals surface area contributed by atoms with Gasteiger partial charge in [0.2, 0.25) is 5.91 Å². The fourth-order valence-corrected chi connectivity index (χ4v) is 3.32. The Hall–Kier alpha value is -3.74. The lowest BCUT2D eigenvalue weighted by Crippen LogP contribution is -2.27. The molecular weight excluding hydrogens is 380 g/mol. The number of pyridine rings is 1. The number of carbonyl (C=O) groups excluding carboxylic acids is 1. The predicted molar refractivity (Wildman–Crippen MR) is 115 cm³/mol. The number of fused-ring (bicyclic) bond motifs is 1. The van der Waals surface area contributed by atoms with Crippen LogP contribution in [-0.2, 0) is 11.3 Å². The third-order valence-electron chi connectivity index (χ3n) is 4.81. The summed E-state index contributed by atoms with van der Waals surface area (Å²) >= 11 is 0. The number of rotatable bonds is 5. The van der Waals surface area contributed by atoms with Crippen LogP contribution in [0.2, 0.25) is 0 Å². The molecule has 7 heteroatoms. The van der Waals surface area contributed by atoms with Gasteiger partial charge in [-0.1, -0.05) is 49.3 Å². The van der Waals surface area contributed by atoms with E-state index in [0.29, 0.717) is 28.5 Å². The van der Waals surface area contributed by atoms with E-state index in [1.165, 1.54) is 10.6 Å². The summed E-state index contributed by atoms with van der Waals surface area (Å²) in [7, 11) is 0. The van der Waals surface area contributed by atoms with Crippen molar-refractivity contribution in [3.63, 3.8) is 0 Å². The first kappa shape index (κ1) is 19.6. The quantitative estimate of drug-likeness (QED) is 0.542. The number of carbonyl (C=O) groups is 1. The first-order valence-corrected chi connectivity index (χ1v) is 9.75. The Morgan fingerprint density at radius 3 is 2.67 bits per heavy atom. The molecule has 0 fully saturated rings. The minimum Gasteiger partial charge on any atom is -0.334 e. The summed E-state index contributed by atoms with van der Waals surface area (Å²) in [6.07, 6.45) is 0. The maximum absolute atomic E-state index is 12.9. The van der Waals surface area contributed by atoms with E-state index in [-0.39, 0.29) is 23.9 Å². The Morgan fingerprint density at radius 1 is 1.13 bits per heavy atom. The smallest absolute Gasteiger partial charge is 0.258 e.